The van der Waals surface area contributed by atoms with Gasteiger partial charge in [-0.1, -0.05) is 48.5 Å². The molecule has 4 nitrogen and oxygen atoms in total. The molecule has 0 aromatic heterocycles. The number of amides is 2. The molecule has 2 amide bonds. The topological polar surface area (TPSA) is 49.4 Å². The number of benzene rings is 2. The zero-order chi connectivity index (χ0) is 18.3. The molecule has 1 saturated heterocycles. The summed E-state index contributed by atoms with van der Waals surface area (Å²) in [6, 6.07) is 17.3. The second-order valence-corrected chi connectivity index (χ2v) is 9.04. The van der Waals surface area contributed by atoms with Crippen LogP contribution in [0.15, 0.2) is 54.6 Å². The highest BCUT2D eigenvalue weighted by Crippen LogP contribution is 2.56. The summed E-state index contributed by atoms with van der Waals surface area (Å²) >= 11 is 1.70. The van der Waals surface area contributed by atoms with Gasteiger partial charge in [-0.3, -0.25) is 9.59 Å². The van der Waals surface area contributed by atoms with Crippen molar-refractivity contribution in [2.75, 3.05) is 6.54 Å². The quantitative estimate of drug-likeness (QED) is 0.902. The molecule has 2 aromatic carbocycles. The van der Waals surface area contributed by atoms with Crippen LogP contribution in [-0.4, -0.2) is 34.0 Å². The van der Waals surface area contributed by atoms with Crippen LogP contribution in [0.25, 0.3) is 0 Å². The smallest absolute Gasteiger partial charge is 0.256 e. The maximum Gasteiger partial charge on any atom is 0.256 e. The highest BCUT2D eigenvalue weighted by molar-refractivity contribution is 8.01. The van der Waals surface area contributed by atoms with Gasteiger partial charge in [0.1, 0.15) is 11.4 Å². The summed E-state index contributed by atoms with van der Waals surface area (Å²) in [4.78, 5) is 27.7. The third kappa shape index (κ3) is 2.80. The van der Waals surface area contributed by atoms with Crippen LogP contribution in [0.3, 0.4) is 0 Å². The van der Waals surface area contributed by atoms with Crippen molar-refractivity contribution in [3.8, 4) is 0 Å². The van der Waals surface area contributed by atoms with Crippen molar-refractivity contribution in [2.24, 2.45) is 0 Å². The van der Waals surface area contributed by atoms with E-state index >= 15 is 0 Å². The van der Waals surface area contributed by atoms with Crippen LogP contribution >= 0.6 is 11.8 Å². The molecule has 134 valence electrons. The summed E-state index contributed by atoms with van der Waals surface area (Å²) in [6.45, 7) is 4.67. The molecular formula is C21H22N2O2S. The second-order valence-electron chi connectivity index (χ2n) is 7.30. The van der Waals surface area contributed by atoms with Gasteiger partial charge >= 0.3 is 0 Å². The van der Waals surface area contributed by atoms with E-state index in [1.54, 1.807) is 16.7 Å². The molecule has 0 aliphatic carbocycles. The molecule has 0 unspecified atom stereocenters. The Morgan fingerprint density at radius 3 is 2.58 bits per heavy atom. The molecule has 0 radical (unpaired) electrons. The number of hydrogen-bond acceptors (Lipinski definition) is 3. The molecule has 5 heteroatoms. The van der Waals surface area contributed by atoms with E-state index in [4.69, 9.17) is 0 Å². The minimum absolute atomic E-state index is 0.0353. The molecule has 0 saturated carbocycles. The van der Waals surface area contributed by atoms with Crippen molar-refractivity contribution in [1.29, 1.82) is 0 Å². The Kier molecular flexibility index (Phi) is 4.27. The van der Waals surface area contributed by atoms with Crippen LogP contribution in [0.5, 0.6) is 0 Å². The van der Waals surface area contributed by atoms with Crippen molar-refractivity contribution in [3.63, 3.8) is 0 Å². The molecule has 2 aliphatic heterocycles. The van der Waals surface area contributed by atoms with E-state index in [2.05, 4.69) is 17.4 Å². The number of rotatable bonds is 4. The maximum absolute atomic E-state index is 13.0. The zero-order valence-electron chi connectivity index (χ0n) is 14.9. The van der Waals surface area contributed by atoms with E-state index in [9.17, 15) is 9.59 Å². The van der Waals surface area contributed by atoms with Gasteiger partial charge in [-0.25, -0.2) is 0 Å². The van der Waals surface area contributed by atoms with Crippen molar-refractivity contribution < 1.29 is 9.59 Å². The summed E-state index contributed by atoms with van der Waals surface area (Å²) in [7, 11) is 0. The van der Waals surface area contributed by atoms with Crippen molar-refractivity contribution in [1.82, 2.24) is 10.2 Å². The third-order valence-electron chi connectivity index (χ3n) is 5.10. The second kappa shape index (κ2) is 6.47. The van der Waals surface area contributed by atoms with Crippen LogP contribution in [0.1, 0.15) is 40.7 Å². The lowest BCUT2D eigenvalue weighted by molar-refractivity contribution is -0.126. The van der Waals surface area contributed by atoms with Gasteiger partial charge in [0.2, 0.25) is 5.91 Å². The number of hydrogen-bond donors (Lipinski definition) is 1. The van der Waals surface area contributed by atoms with Crippen LogP contribution in [-0.2, 0) is 11.2 Å². The monoisotopic (exact) mass is 366 g/mol. The molecule has 0 bridgehead atoms. The van der Waals surface area contributed by atoms with E-state index in [0.717, 1.165) is 17.5 Å². The van der Waals surface area contributed by atoms with Crippen molar-refractivity contribution in [3.05, 3.63) is 71.3 Å². The van der Waals surface area contributed by atoms with E-state index in [1.165, 1.54) is 5.56 Å². The Morgan fingerprint density at radius 1 is 1.12 bits per heavy atom. The highest BCUT2D eigenvalue weighted by Gasteiger charge is 2.57. The van der Waals surface area contributed by atoms with Gasteiger partial charge in [-0.2, -0.15) is 0 Å². The van der Waals surface area contributed by atoms with E-state index in [1.807, 2.05) is 56.3 Å². The Morgan fingerprint density at radius 2 is 1.81 bits per heavy atom. The molecule has 2 heterocycles. The first-order valence-electron chi connectivity index (χ1n) is 8.90. The van der Waals surface area contributed by atoms with Gasteiger partial charge in [0.25, 0.3) is 5.91 Å². The molecule has 0 spiro atoms. The standard InChI is InChI=1S/C21H22N2O2S/c1-21(2)17(18(24)22-13-12-14-8-4-3-5-9-14)23-19(25)15-10-6-7-11-16(15)20(23)26-21/h3-11,17,20H,12-13H2,1-2H3,(H,22,24)/t17-,20+/m1/s1. The Labute approximate surface area is 158 Å². The van der Waals surface area contributed by atoms with Crippen LogP contribution in [0, 0.1) is 0 Å². The molecule has 2 aromatic rings. The van der Waals surface area contributed by atoms with Crippen LogP contribution in [0.2, 0.25) is 0 Å². The maximum atomic E-state index is 13.0. The molecule has 2 atom stereocenters. The predicted molar refractivity (Wildman–Crippen MR) is 104 cm³/mol. The lowest BCUT2D eigenvalue weighted by Crippen LogP contribution is -2.52. The normalized spacial score (nSPS) is 22.8. The number of thioether (sulfide) groups is 1. The van der Waals surface area contributed by atoms with Gasteiger partial charge in [0.05, 0.1) is 0 Å². The fraction of sp³-hybridized carbons (Fsp3) is 0.333. The first-order chi connectivity index (χ1) is 12.5. The first-order valence-corrected chi connectivity index (χ1v) is 9.78. The van der Waals surface area contributed by atoms with Gasteiger partial charge < -0.3 is 10.2 Å². The number of carbonyl (C=O) groups is 2. The average Bonchev–Trinajstić information content (AvgIpc) is 3.06. The van der Waals surface area contributed by atoms with E-state index in [0.29, 0.717) is 6.54 Å². The summed E-state index contributed by atoms with van der Waals surface area (Å²) in [5.41, 5.74) is 2.94. The Bertz CT molecular complexity index is 850. The van der Waals surface area contributed by atoms with Gasteiger partial charge in [0.15, 0.2) is 0 Å². The molecule has 2 aliphatic rings. The van der Waals surface area contributed by atoms with Crippen molar-refractivity contribution in [2.45, 2.75) is 36.4 Å². The average molecular weight is 366 g/mol. The van der Waals surface area contributed by atoms with E-state index in [-0.39, 0.29) is 21.9 Å². The molecule has 4 rings (SSSR count). The number of nitrogens with zero attached hydrogens (tertiary/aromatic N) is 1. The van der Waals surface area contributed by atoms with Gasteiger partial charge in [-0.05, 0) is 37.5 Å². The number of fused-ring (bicyclic) bond motifs is 3. The number of carbonyl (C=O) groups excluding carboxylic acids is 2. The summed E-state index contributed by atoms with van der Waals surface area (Å²) in [5, 5.41) is 2.97. The Hall–Kier alpha value is -2.27. The van der Waals surface area contributed by atoms with E-state index < -0.39 is 6.04 Å². The number of nitrogens with one attached hydrogen (secondary N) is 1. The third-order valence-corrected chi connectivity index (χ3v) is 6.64. The molecule has 1 N–H and O–H groups in total. The fourth-order valence-corrected chi connectivity index (χ4v) is 5.46. The molecule has 26 heavy (non-hydrogen) atoms. The minimum Gasteiger partial charge on any atom is -0.354 e. The Balaban J connectivity index is 1.50. The predicted octanol–water partition coefficient (Wildman–Crippen LogP) is 3.39. The van der Waals surface area contributed by atoms with Crippen LogP contribution in [0.4, 0.5) is 0 Å². The summed E-state index contributed by atoms with van der Waals surface area (Å²) in [6.07, 6.45) is 0.782. The van der Waals surface area contributed by atoms with Crippen molar-refractivity contribution >= 4 is 23.6 Å². The summed E-state index contributed by atoms with van der Waals surface area (Å²) < 4.78 is -0.329. The highest BCUT2D eigenvalue weighted by atomic mass is 32.2. The SMILES string of the molecule is CC1(C)S[C@H]2c3ccccc3C(=O)N2[C@@H]1C(=O)NCCc1ccccc1. The lowest BCUT2D eigenvalue weighted by atomic mass is 10.0. The van der Waals surface area contributed by atoms with Gasteiger partial charge in [0, 0.05) is 16.9 Å². The lowest BCUT2D eigenvalue weighted by Gasteiger charge is -2.29. The summed E-state index contributed by atoms with van der Waals surface area (Å²) in [5.74, 6) is -0.103. The fourth-order valence-electron chi connectivity index (χ4n) is 3.88. The van der Waals surface area contributed by atoms with Gasteiger partial charge in [-0.15, -0.1) is 11.8 Å². The largest absolute Gasteiger partial charge is 0.354 e. The first kappa shape index (κ1) is 17.2. The van der Waals surface area contributed by atoms with Crippen LogP contribution < -0.4 is 5.32 Å². The minimum atomic E-state index is -0.465. The molecular weight excluding hydrogens is 344 g/mol. The zero-order valence-corrected chi connectivity index (χ0v) is 15.8. The molecule has 1 fully saturated rings.